The zero-order valence-electron chi connectivity index (χ0n) is 17.9. The van der Waals surface area contributed by atoms with Gasteiger partial charge in [0.1, 0.15) is 5.76 Å². The molecule has 0 atom stereocenters. The third-order valence-corrected chi connectivity index (χ3v) is 5.10. The summed E-state index contributed by atoms with van der Waals surface area (Å²) >= 11 is 11.4. The quantitative estimate of drug-likeness (QED) is 0.338. The maximum absolute atomic E-state index is 12.4. The molecule has 0 bridgehead atoms. The molecule has 0 unspecified atom stereocenters. The molecule has 1 heterocycles. The van der Waals surface area contributed by atoms with Gasteiger partial charge in [0.2, 0.25) is 0 Å². The number of aryl methyl sites for hydroxylation is 1. The first-order chi connectivity index (χ1) is 14.4. The maximum atomic E-state index is 12.4. The lowest BCUT2D eigenvalue weighted by Gasteiger charge is -2.20. The minimum Gasteiger partial charge on any atom is -0.454 e. The van der Waals surface area contributed by atoms with Gasteiger partial charge in [-0.15, -0.1) is 0 Å². The second-order valence-corrected chi connectivity index (χ2v) is 8.08. The first-order valence-corrected chi connectivity index (χ1v) is 11.2. The fourth-order valence-electron chi connectivity index (χ4n) is 2.89. The van der Waals surface area contributed by atoms with Crippen LogP contribution in [-0.4, -0.2) is 29.0 Å². The number of halogens is 1. The summed E-state index contributed by atoms with van der Waals surface area (Å²) in [4.78, 5) is 14.7. The van der Waals surface area contributed by atoms with Crippen molar-refractivity contribution in [3.05, 3.63) is 52.4 Å². The molecule has 6 nitrogen and oxygen atoms in total. The molecule has 0 aliphatic carbocycles. The van der Waals surface area contributed by atoms with Crippen LogP contribution in [0.5, 0.6) is 0 Å². The number of hydrogen-bond acceptors (Lipinski definition) is 4. The average Bonchev–Trinajstić information content (AvgIpc) is 3.19. The second-order valence-electron chi connectivity index (χ2n) is 7.27. The van der Waals surface area contributed by atoms with Crippen LogP contribution in [0.4, 0.5) is 5.69 Å². The van der Waals surface area contributed by atoms with Crippen molar-refractivity contribution in [2.75, 3.05) is 18.4 Å². The third-order valence-electron chi connectivity index (χ3n) is 4.58. The van der Waals surface area contributed by atoms with Gasteiger partial charge >= 0.3 is 5.91 Å². The molecule has 0 radical (unpaired) electrons. The number of hydrogen-bond donors (Lipinski definition) is 3. The Bertz CT molecular complexity index is 832. The van der Waals surface area contributed by atoms with E-state index in [1.54, 1.807) is 6.07 Å². The number of rotatable bonds is 10. The van der Waals surface area contributed by atoms with Crippen molar-refractivity contribution in [3.8, 4) is 0 Å². The van der Waals surface area contributed by atoms with Crippen LogP contribution in [0.1, 0.15) is 61.4 Å². The lowest BCUT2D eigenvalue weighted by molar-refractivity contribution is 0.0912. The first kappa shape index (κ1) is 24.2. The highest BCUT2D eigenvalue weighted by molar-refractivity contribution is 7.80. The van der Waals surface area contributed by atoms with Crippen molar-refractivity contribution in [1.82, 2.24) is 15.8 Å². The van der Waals surface area contributed by atoms with Crippen molar-refractivity contribution in [2.45, 2.75) is 53.0 Å². The second kappa shape index (κ2) is 12.6. The van der Waals surface area contributed by atoms with Crippen molar-refractivity contribution in [3.63, 3.8) is 0 Å². The van der Waals surface area contributed by atoms with Gasteiger partial charge in [0.05, 0.1) is 17.3 Å². The van der Waals surface area contributed by atoms with Gasteiger partial charge in [-0.25, -0.2) is 0 Å². The summed E-state index contributed by atoms with van der Waals surface area (Å²) < 4.78 is 5.74. The van der Waals surface area contributed by atoms with Crippen LogP contribution < -0.4 is 16.2 Å². The lowest BCUT2D eigenvalue weighted by atomic mass is 10.2. The van der Waals surface area contributed by atoms with Crippen molar-refractivity contribution >= 4 is 40.5 Å². The molecular weight excluding hydrogens is 420 g/mol. The van der Waals surface area contributed by atoms with E-state index in [4.69, 9.17) is 28.2 Å². The van der Waals surface area contributed by atoms with E-state index >= 15 is 0 Å². The third kappa shape index (κ3) is 7.97. The predicted molar refractivity (Wildman–Crippen MR) is 127 cm³/mol. The first-order valence-electron chi connectivity index (χ1n) is 10.4. The van der Waals surface area contributed by atoms with Gasteiger partial charge < -0.3 is 9.73 Å². The number of thiocarbonyl (C=S) groups is 1. The number of nitrogens with one attached hydrogen (secondary N) is 3. The highest BCUT2D eigenvalue weighted by Gasteiger charge is 2.14. The molecule has 0 aliphatic rings. The summed E-state index contributed by atoms with van der Waals surface area (Å²) in [5, 5.41) is 3.73. The number of carbonyl (C=O) groups excluding carboxylic acids is 1. The predicted octanol–water partition coefficient (Wildman–Crippen LogP) is 5.28. The molecule has 8 heteroatoms. The standard InChI is InChI=1S/C22H31ClN4O2S/c1-4-6-12-27(13-7-5-2)15-17-9-11-20(29-17)21(28)25-26-22(30)24-19-10-8-16(3)14-18(19)23/h8-11,14H,4-7,12-13,15H2,1-3H3,(H,25,28)(H2,24,26,30). The molecule has 1 aromatic heterocycles. The molecule has 0 fully saturated rings. The number of unbranched alkanes of at least 4 members (excludes halogenated alkanes) is 2. The van der Waals surface area contributed by atoms with E-state index in [0.29, 0.717) is 17.3 Å². The highest BCUT2D eigenvalue weighted by atomic mass is 35.5. The topological polar surface area (TPSA) is 69.5 Å². The van der Waals surface area contributed by atoms with E-state index in [-0.39, 0.29) is 10.9 Å². The number of hydrazine groups is 1. The van der Waals surface area contributed by atoms with Crippen LogP contribution in [0.25, 0.3) is 0 Å². The molecule has 1 aromatic carbocycles. The van der Waals surface area contributed by atoms with Crippen molar-refractivity contribution in [2.24, 2.45) is 0 Å². The van der Waals surface area contributed by atoms with E-state index in [1.165, 1.54) is 0 Å². The average molecular weight is 451 g/mol. The summed E-state index contributed by atoms with van der Waals surface area (Å²) in [6, 6.07) is 9.11. The van der Waals surface area contributed by atoms with E-state index < -0.39 is 5.91 Å². The Morgan fingerprint density at radius 2 is 1.80 bits per heavy atom. The van der Waals surface area contributed by atoms with Crippen LogP contribution in [0, 0.1) is 6.92 Å². The van der Waals surface area contributed by atoms with Gasteiger partial charge in [0, 0.05) is 0 Å². The van der Waals surface area contributed by atoms with E-state index in [1.807, 2.05) is 31.2 Å². The van der Waals surface area contributed by atoms with E-state index in [9.17, 15) is 4.79 Å². The summed E-state index contributed by atoms with van der Waals surface area (Å²) in [5.41, 5.74) is 6.92. The van der Waals surface area contributed by atoms with Gasteiger partial charge in [-0.2, -0.15) is 0 Å². The molecule has 3 N–H and O–H groups in total. The minimum atomic E-state index is -0.394. The van der Waals surface area contributed by atoms with Crippen LogP contribution in [0.3, 0.4) is 0 Å². The molecule has 1 amide bonds. The summed E-state index contributed by atoms with van der Waals surface area (Å²) in [6.45, 7) is 9.09. The molecule has 2 aromatic rings. The molecule has 2 rings (SSSR count). The van der Waals surface area contributed by atoms with Gasteiger partial charge in [-0.05, 0) is 74.9 Å². The zero-order chi connectivity index (χ0) is 21.9. The zero-order valence-corrected chi connectivity index (χ0v) is 19.5. The number of carbonyl (C=O) groups is 1. The highest BCUT2D eigenvalue weighted by Crippen LogP contribution is 2.22. The van der Waals surface area contributed by atoms with Crippen LogP contribution in [0.15, 0.2) is 34.7 Å². The van der Waals surface area contributed by atoms with Crippen molar-refractivity contribution < 1.29 is 9.21 Å². The Morgan fingerprint density at radius 3 is 2.43 bits per heavy atom. The smallest absolute Gasteiger partial charge is 0.305 e. The van der Waals surface area contributed by atoms with Gasteiger partial charge in [-0.1, -0.05) is 44.4 Å². The van der Waals surface area contributed by atoms with Gasteiger partial charge in [0.15, 0.2) is 10.9 Å². The minimum absolute atomic E-state index is 0.228. The summed E-state index contributed by atoms with van der Waals surface area (Å²) in [7, 11) is 0. The number of furan rings is 1. The van der Waals surface area contributed by atoms with Crippen molar-refractivity contribution in [1.29, 1.82) is 0 Å². The summed E-state index contributed by atoms with van der Waals surface area (Å²) in [5.74, 6) is 0.619. The number of benzene rings is 1. The van der Waals surface area contributed by atoms with Crippen LogP contribution in [-0.2, 0) is 6.54 Å². The molecule has 30 heavy (non-hydrogen) atoms. The molecule has 0 saturated heterocycles. The Balaban J connectivity index is 1.85. The Morgan fingerprint density at radius 1 is 1.10 bits per heavy atom. The van der Waals surface area contributed by atoms with Gasteiger partial charge in [-0.3, -0.25) is 20.5 Å². The SMILES string of the molecule is CCCCN(CCCC)Cc1ccc(C(=O)NNC(=S)Nc2ccc(C)cc2Cl)o1. The summed E-state index contributed by atoms with van der Waals surface area (Å²) in [6.07, 6.45) is 4.61. The monoisotopic (exact) mass is 450 g/mol. The Kier molecular flexibility index (Phi) is 10.1. The maximum Gasteiger partial charge on any atom is 0.305 e. The lowest BCUT2D eigenvalue weighted by Crippen LogP contribution is -2.43. The largest absolute Gasteiger partial charge is 0.454 e. The van der Waals surface area contributed by atoms with Gasteiger partial charge in [0.25, 0.3) is 0 Å². The molecule has 164 valence electrons. The van der Waals surface area contributed by atoms with Crippen LogP contribution in [0.2, 0.25) is 5.02 Å². The van der Waals surface area contributed by atoms with E-state index in [0.717, 1.165) is 50.1 Å². The number of anilines is 1. The molecular formula is C22H31ClN4O2S. The molecule has 0 aliphatic heterocycles. The Labute approximate surface area is 189 Å². The number of amides is 1. The fourth-order valence-corrected chi connectivity index (χ4v) is 3.33. The molecule has 0 saturated carbocycles. The molecule has 0 spiro atoms. The normalized spacial score (nSPS) is 10.8. The fraction of sp³-hybridized carbons (Fsp3) is 0.455. The number of nitrogens with zero attached hydrogens (tertiary/aromatic N) is 1. The Hall–Kier alpha value is -2.09. The van der Waals surface area contributed by atoms with Crippen LogP contribution >= 0.6 is 23.8 Å². The van der Waals surface area contributed by atoms with E-state index in [2.05, 4.69) is 34.9 Å².